The van der Waals surface area contributed by atoms with Gasteiger partial charge < -0.3 is 15.2 Å². The molecule has 0 radical (unpaired) electrons. The van der Waals surface area contributed by atoms with Crippen molar-refractivity contribution in [2.75, 3.05) is 0 Å². The van der Waals surface area contributed by atoms with Gasteiger partial charge in [0.2, 0.25) is 0 Å². The Morgan fingerprint density at radius 1 is 1.22 bits per heavy atom. The molecule has 1 aromatic carbocycles. The fourth-order valence-electron chi connectivity index (χ4n) is 1.62. The van der Waals surface area contributed by atoms with Gasteiger partial charge in [0.05, 0.1) is 17.0 Å². The molecule has 7 nitrogen and oxygen atoms in total. The van der Waals surface area contributed by atoms with E-state index in [-0.39, 0.29) is 10.9 Å². The number of rotatable bonds is 2. The second kappa shape index (κ2) is 4.44. The van der Waals surface area contributed by atoms with Crippen molar-refractivity contribution in [3.05, 3.63) is 44.6 Å². The van der Waals surface area contributed by atoms with Crippen molar-refractivity contribution in [3.8, 4) is 6.07 Å². The molecule has 0 spiro atoms. The van der Waals surface area contributed by atoms with Gasteiger partial charge in [-0.1, -0.05) is 6.07 Å². The first-order chi connectivity index (χ1) is 8.52. The lowest BCUT2D eigenvalue weighted by Crippen LogP contribution is -2.22. The molecule has 1 heterocycles. The fourth-order valence-corrected chi connectivity index (χ4v) is 1.62. The second-order valence-electron chi connectivity index (χ2n) is 3.73. The molecule has 0 aliphatic heterocycles. The van der Waals surface area contributed by atoms with E-state index in [1.807, 2.05) is 4.98 Å². The number of H-pyrrole nitrogens is 2. The Hall–Kier alpha value is -2.43. The normalized spacial score (nSPS) is 14.1. The Labute approximate surface area is 100.0 Å². The fraction of sp³-hybridized carbons (Fsp3) is 0.182. The molecule has 2 unspecified atom stereocenters. The average molecular weight is 247 g/mol. The highest BCUT2D eigenvalue weighted by Crippen LogP contribution is 2.19. The lowest BCUT2D eigenvalue weighted by molar-refractivity contribution is 0.0529. The van der Waals surface area contributed by atoms with Gasteiger partial charge in [-0.05, 0) is 17.7 Å². The molecule has 2 atom stereocenters. The highest BCUT2D eigenvalue weighted by molar-refractivity contribution is 5.78. The highest BCUT2D eigenvalue weighted by atomic mass is 16.3. The van der Waals surface area contributed by atoms with Crippen molar-refractivity contribution < 1.29 is 10.2 Å². The Bertz CT molecular complexity index is 740. The summed E-state index contributed by atoms with van der Waals surface area (Å²) in [7, 11) is 0. The molecule has 1 aromatic heterocycles. The van der Waals surface area contributed by atoms with Gasteiger partial charge in [0, 0.05) is 0 Å². The van der Waals surface area contributed by atoms with Gasteiger partial charge in [0.1, 0.15) is 6.10 Å². The third-order valence-electron chi connectivity index (χ3n) is 2.54. The molecule has 7 heteroatoms. The van der Waals surface area contributed by atoms with Crippen molar-refractivity contribution in [2.45, 2.75) is 12.2 Å². The number of hydrogen-bond acceptors (Lipinski definition) is 5. The lowest BCUT2D eigenvalue weighted by atomic mass is 10.0. The summed E-state index contributed by atoms with van der Waals surface area (Å²) < 4.78 is 0. The van der Waals surface area contributed by atoms with Crippen LogP contribution in [0, 0.1) is 11.3 Å². The zero-order valence-electron chi connectivity index (χ0n) is 9.04. The number of aromatic nitrogens is 2. The first kappa shape index (κ1) is 12.0. The number of nitriles is 1. The molecule has 0 fully saturated rings. The summed E-state index contributed by atoms with van der Waals surface area (Å²) in [6.45, 7) is 0. The SMILES string of the molecule is N#CC(O)C(O)c1ccc2[nH]c(=O)[nH]c(=O)c2c1. The standard InChI is InChI=1S/C11H9N3O4/c12-4-8(15)9(16)5-1-2-7-6(3-5)10(17)14-11(18)13-7/h1-3,8-9,15-16H,(H2,13,14,17,18). The van der Waals surface area contributed by atoms with Crippen LogP contribution < -0.4 is 11.2 Å². The van der Waals surface area contributed by atoms with E-state index in [9.17, 15) is 19.8 Å². The summed E-state index contributed by atoms with van der Waals surface area (Å²) in [5.74, 6) is 0. The maximum Gasteiger partial charge on any atom is 0.326 e. The molecule has 0 bridgehead atoms. The van der Waals surface area contributed by atoms with E-state index in [4.69, 9.17) is 5.26 Å². The van der Waals surface area contributed by atoms with Gasteiger partial charge in [0.25, 0.3) is 5.56 Å². The van der Waals surface area contributed by atoms with Crippen LogP contribution in [0.3, 0.4) is 0 Å². The third kappa shape index (κ3) is 2.02. The summed E-state index contributed by atoms with van der Waals surface area (Å²) in [5.41, 5.74) is -0.702. The summed E-state index contributed by atoms with van der Waals surface area (Å²) in [6, 6.07) is 5.66. The number of aliphatic hydroxyl groups excluding tert-OH is 2. The molecule has 0 aliphatic carbocycles. The van der Waals surface area contributed by atoms with Crippen molar-refractivity contribution in [2.24, 2.45) is 0 Å². The Kier molecular flexibility index (Phi) is 2.97. The number of hydrogen-bond donors (Lipinski definition) is 4. The van der Waals surface area contributed by atoms with Crippen molar-refractivity contribution >= 4 is 10.9 Å². The average Bonchev–Trinajstić information content (AvgIpc) is 2.36. The molecule has 0 saturated heterocycles. The van der Waals surface area contributed by atoms with E-state index in [1.165, 1.54) is 24.3 Å². The topological polar surface area (TPSA) is 130 Å². The molecule has 0 aliphatic rings. The van der Waals surface area contributed by atoms with Crippen LogP contribution in [-0.2, 0) is 0 Å². The van der Waals surface area contributed by atoms with Gasteiger partial charge in [-0.25, -0.2) is 4.79 Å². The number of nitrogens with one attached hydrogen (secondary N) is 2. The van der Waals surface area contributed by atoms with Crippen LogP contribution in [0.1, 0.15) is 11.7 Å². The van der Waals surface area contributed by atoms with Crippen LogP contribution in [0.15, 0.2) is 27.8 Å². The zero-order chi connectivity index (χ0) is 13.3. The lowest BCUT2D eigenvalue weighted by Gasteiger charge is -2.12. The third-order valence-corrected chi connectivity index (χ3v) is 2.54. The summed E-state index contributed by atoms with van der Waals surface area (Å²) in [4.78, 5) is 27.0. The van der Waals surface area contributed by atoms with E-state index >= 15 is 0 Å². The number of nitrogens with zero attached hydrogens (tertiary/aromatic N) is 1. The quantitative estimate of drug-likeness (QED) is 0.513. The van der Waals surface area contributed by atoms with E-state index in [0.29, 0.717) is 5.52 Å². The predicted octanol–water partition coefficient (Wildman–Crippen LogP) is -0.866. The molecule has 0 saturated carbocycles. The number of benzene rings is 1. The molecule has 2 aromatic rings. The first-order valence-electron chi connectivity index (χ1n) is 5.05. The minimum atomic E-state index is -1.58. The monoisotopic (exact) mass is 247 g/mol. The highest BCUT2D eigenvalue weighted by Gasteiger charge is 2.18. The van der Waals surface area contributed by atoms with E-state index in [2.05, 4.69) is 4.98 Å². The van der Waals surface area contributed by atoms with E-state index in [0.717, 1.165) is 0 Å². The van der Waals surface area contributed by atoms with E-state index < -0.39 is 23.5 Å². The maximum atomic E-state index is 11.5. The molecule has 92 valence electrons. The number of fused-ring (bicyclic) bond motifs is 1. The molecule has 2 rings (SSSR count). The van der Waals surface area contributed by atoms with Crippen LogP contribution in [0.4, 0.5) is 0 Å². The van der Waals surface area contributed by atoms with Crippen LogP contribution in [-0.4, -0.2) is 26.3 Å². The van der Waals surface area contributed by atoms with E-state index in [1.54, 1.807) is 0 Å². The molecule has 18 heavy (non-hydrogen) atoms. The maximum absolute atomic E-state index is 11.5. The van der Waals surface area contributed by atoms with Crippen LogP contribution in [0.5, 0.6) is 0 Å². The Morgan fingerprint density at radius 2 is 1.94 bits per heavy atom. The van der Waals surface area contributed by atoms with Crippen LogP contribution in [0.2, 0.25) is 0 Å². The van der Waals surface area contributed by atoms with Crippen molar-refractivity contribution in [1.82, 2.24) is 9.97 Å². The summed E-state index contributed by atoms with van der Waals surface area (Å²) in [5, 5.41) is 27.5. The van der Waals surface area contributed by atoms with Gasteiger partial charge in [-0.2, -0.15) is 5.26 Å². The number of aliphatic hydroxyl groups is 2. The van der Waals surface area contributed by atoms with Crippen molar-refractivity contribution in [3.63, 3.8) is 0 Å². The minimum absolute atomic E-state index is 0.163. The largest absolute Gasteiger partial charge is 0.385 e. The Morgan fingerprint density at radius 3 is 2.61 bits per heavy atom. The van der Waals surface area contributed by atoms with Gasteiger partial charge in [-0.15, -0.1) is 0 Å². The zero-order valence-corrected chi connectivity index (χ0v) is 9.04. The molecular formula is C11H9N3O4. The predicted molar refractivity (Wildman–Crippen MR) is 61.8 cm³/mol. The first-order valence-corrected chi connectivity index (χ1v) is 5.05. The summed E-state index contributed by atoms with van der Waals surface area (Å²) >= 11 is 0. The van der Waals surface area contributed by atoms with Gasteiger partial charge in [-0.3, -0.25) is 9.78 Å². The Balaban J connectivity index is 2.62. The molecule has 4 N–H and O–H groups in total. The molecular weight excluding hydrogens is 238 g/mol. The van der Waals surface area contributed by atoms with Crippen LogP contribution in [0.25, 0.3) is 10.9 Å². The summed E-state index contributed by atoms with van der Waals surface area (Å²) in [6.07, 6.45) is -2.99. The van der Waals surface area contributed by atoms with Crippen molar-refractivity contribution in [1.29, 1.82) is 5.26 Å². The molecule has 0 amide bonds. The second-order valence-corrected chi connectivity index (χ2v) is 3.73. The van der Waals surface area contributed by atoms with Crippen LogP contribution >= 0.6 is 0 Å². The van der Waals surface area contributed by atoms with Gasteiger partial charge >= 0.3 is 5.69 Å². The smallest absolute Gasteiger partial charge is 0.326 e. The number of aromatic amines is 2. The van der Waals surface area contributed by atoms with Gasteiger partial charge in [0.15, 0.2) is 6.10 Å². The minimum Gasteiger partial charge on any atom is -0.385 e.